The molecule has 1 aliphatic rings. The summed E-state index contributed by atoms with van der Waals surface area (Å²) in [6, 6.07) is 6.43. The lowest BCUT2D eigenvalue weighted by Gasteiger charge is -2.25. The Hall–Kier alpha value is -1.55. The summed E-state index contributed by atoms with van der Waals surface area (Å²) in [5, 5.41) is 6.47. The minimum absolute atomic E-state index is 0.0368. The fraction of sp³-hybridized carbons (Fsp3) is 0.588. The Morgan fingerprint density at radius 1 is 1.48 bits per heavy atom. The maximum Gasteiger partial charge on any atom is 0.251 e. The highest BCUT2D eigenvalue weighted by Crippen LogP contribution is 2.26. The molecule has 1 amide bonds. The first kappa shape index (κ1) is 15.8. The predicted molar refractivity (Wildman–Crippen MR) is 85.7 cm³/mol. The van der Waals surface area contributed by atoms with E-state index in [9.17, 15) is 4.79 Å². The van der Waals surface area contributed by atoms with E-state index in [1.54, 1.807) is 7.11 Å². The zero-order valence-electron chi connectivity index (χ0n) is 13.3. The Kier molecular flexibility index (Phi) is 5.23. The van der Waals surface area contributed by atoms with E-state index in [1.807, 2.05) is 13.8 Å². The van der Waals surface area contributed by atoms with Crippen molar-refractivity contribution in [2.75, 3.05) is 25.5 Å². The van der Waals surface area contributed by atoms with Crippen molar-refractivity contribution in [3.63, 3.8) is 0 Å². The summed E-state index contributed by atoms with van der Waals surface area (Å²) in [5.74, 6) is -0.0368. The van der Waals surface area contributed by atoms with Gasteiger partial charge in [-0.3, -0.25) is 4.79 Å². The molecule has 2 N–H and O–H groups in total. The molecule has 1 aromatic rings. The molecule has 0 fully saturated rings. The van der Waals surface area contributed by atoms with Gasteiger partial charge < -0.3 is 15.4 Å². The van der Waals surface area contributed by atoms with Crippen molar-refractivity contribution < 1.29 is 9.53 Å². The third kappa shape index (κ3) is 3.56. The lowest BCUT2D eigenvalue weighted by molar-refractivity contribution is -0.141. The molecule has 2 rings (SSSR count). The van der Waals surface area contributed by atoms with E-state index < -0.39 is 5.60 Å². The van der Waals surface area contributed by atoms with Gasteiger partial charge in [0.1, 0.15) is 5.60 Å². The first-order chi connectivity index (χ1) is 10.1. The quantitative estimate of drug-likeness (QED) is 0.846. The van der Waals surface area contributed by atoms with Gasteiger partial charge in [0.2, 0.25) is 0 Å². The number of anilines is 1. The van der Waals surface area contributed by atoms with Gasteiger partial charge in [-0.2, -0.15) is 0 Å². The number of para-hydroxylation sites is 1. The first-order valence-electron chi connectivity index (χ1n) is 7.79. The Balaban J connectivity index is 1.94. The van der Waals surface area contributed by atoms with Crippen LogP contribution in [0.15, 0.2) is 18.2 Å². The second kappa shape index (κ2) is 6.94. The largest absolute Gasteiger partial charge is 0.385 e. The molecule has 1 unspecified atom stereocenters. The van der Waals surface area contributed by atoms with Gasteiger partial charge in [0.05, 0.1) is 0 Å². The molecule has 21 heavy (non-hydrogen) atoms. The smallest absolute Gasteiger partial charge is 0.251 e. The van der Waals surface area contributed by atoms with E-state index >= 15 is 0 Å². The molecule has 0 spiro atoms. The van der Waals surface area contributed by atoms with E-state index in [-0.39, 0.29) is 5.91 Å². The molecule has 1 heterocycles. The molecule has 116 valence electrons. The van der Waals surface area contributed by atoms with Crippen LogP contribution in [0.4, 0.5) is 5.69 Å². The Bertz CT molecular complexity index is 496. The summed E-state index contributed by atoms with van der Waals surface area (Å²) < 4.78 is 5.32. The summed E-state index contributed by atoms with van der Waals surface area (Å²) in [7, 11) is 1.58. The van der Waals surface area contributed by atoms with E-state index in [1.165, 1.54) is 23.2 Å². The number of carbonyl (C=O) groups is 1. The van der Waals surface area contributed by atoms with Crippen molar-refractivity contribution >= 4 is 11.6 Å². The normalized spacial score (nSPS) is 16.5. The van der Waals surface area contributed by atoms with E-state index in [4.69, 9.17) is 4.74 Å². The van der Waals surface area contributed by atoms with E-state index in [0.29, 0.717) is 13.0 Å². The van der Waals surface area contributed by atoms with Gasteiger partial charge in [-0.05, 0) is 43.7 Å². The minimum Gasteiger partial charge on any atom is -0.385 e. The van der Waals surface area contributed by atoms with Gasteiger partial charge in [0.25, 0.3) is 5.91 Å². The van der Waals surface area contributed by atoms with Crippen LogP contribution in [0.1, 0.15) is 37.8 Å². The second-order valence-corrected chi connectivity index (χ2v) is 5.78. The maximum atomic E-state index is 12.2. The summed E-state index contributed by atoms with van der Waals surface area (Å²) in [6.07, 6.45) is 3.83. The number of carbonyl (C=O) groups excluding carboxylic acids is 1. The Morgan fingerprint density at radius 3 is 3.00 bits per heavy atom. The van der Waals surface area contributed by atoms with Gasteiger partial charge in [-0.25, -0.2) is 0 Å². The molecule has 1 aromatic carbocycles. The van der Waals surface area contributed by atoms with Crippen molar-refractivity contribution in [1.29, 1.82) is 0 Å². The van der Waals surface area contributed by atoms with Crippen LogP contribution in [-0.4, -0.2) is 31.7 Å². The number of aryl methyl sites for hydroxylation is 1. The molecule has 1 atom stereocenters. The lowest BCUT2D eigenvalue weighted by Crippen LogP contribution is -2.46. The molecular weight excluding hydrogens is 264 g/mol. The zero-order valence-corrected chi connectivity index (χ0v) is 13.3. The highest BCUT2D eigenvalue weighted by molar-refractivity contribution is 5.84. The number of nitrogens with one attached hydrogen (secondary N) is 2. The zero-order chi connectivity index (χ0) is 15.3. The van der Waals surface area contributed by atoms with Gasteiger partial charge in [0.15, 0.2) is 0 Å². The van der Waals surface area contributed by atoms with Crippen molar-refractivity contribution in [1.82, 2.24) is 5.32 Å². The molecule has 1 aliphatic heterocycles. The van der Waals surface area contributed by atoms with E-state index in [0.717, 1.165) is 19.4 Å². The van der Waals surface area contributed by atoms with Crippen LogP contribution in [0.5, 0.6) is 0 Å². The number of benzene rings is 1. The van der Waals surface area contributed by atoms with Gasteiger partial charge in [-0.1, -0.05) is 25.1 Å². The Labute approximate surface area is 127 Å². The van der Waals surface area contributed by atoms with Crippen LogP contribution in [-0.2, 0) is 22.4 Å². The molecule has 0 aromatic heterocycles. The molecule has 4 nitrogen and oxygen atoms in total. The SMILES string of the molecule is CCC(C)(OC)C(=O)NCCc1cccc2c1NCCC2. The van der Waals surface area contributed by atoms with Crippen LogP contribution in [0.2, 0.25) is 0 Å². The number of rotatable bonds is 6. The third-order valence-electron chi connectivity index (χ3n) is 4.45. The van der Waals surface area contributed by atoms with Crippen LogP contribution >= 0.6 is 0 Å². The van der Waals surface area contributed by atoms with Crippen molar-refractivity contribution in [3.8, 4) is 0 Å². The molecular formula is C17H26N2O2. The van der Waals surface area contributed by atoms with Gasteiger partial charge in [0, 0.05) is 25.9 Å². The average Bonchev–Trinajstić information content (AvgIpc) is 2.54. The molecule has 4 heteroatoms. The van der Waals surface area contributed by atoms with Crippen LogP contribution in [0.25, 0.3) is 0 Å². The van der Waals surface area contributed by atoms with Crippen LogP contribution in [0, 0.1) is 0 Å². The number of fused-ring (bicyclic) bond motifs is 1. The minimum atomic E-state index is -0.728. The summed E-state index contributed by atoms with van der Waals surface area (Å²) in [4.78, 5) is 12.2. The molecule has 0 bridgehead atoms. The monoisotopic (exact) mass is 290 g/mol. The highest BCUT2D eigenvalue weighted by Gasteiger charge is 2.30. The second-order valence-electron chi connectivity index (χ2n) is 5.78. The number of hydrogen-bond acceptors (Lipinski definition) is 3. The first-order valence-corrected chi connectivity index (χ1v) is 7.79. The van der Waals surface area contributed by atoms with Gasteiger partial charge >= 0.3 is 0 Å². The van der Waals surface area contributed by atoms with Gasteiger partial charge in [-0.15, -0.1) is 0 Å². The summed E-state index contributed by atoms with van der Waals surface area (Å²) >= 11 is 0. The lowest BCUT2D eigenvalue weighted by atomic mass is 9.97. The van der Waals surface area contributed by atoms with E-state index in [2.05, 4.69) is 28.8 Å². The molecule has 0 saturated heterocycles. The number of methoxy groups -OCH3 is 1. The third-order valence-corrected chi connectivity index (χ3v) is 4.45. The number of amides is 1. The topological polar surface area (TPSA) is 50.4 Å². The van der Waals surface area contributed by atoms with Crippen LogP contribution in [0.3, 0.4) is 0 Å². The maximum absolute atomic E-state index is 12.2. The standard InChI is InChI=1S/C17H26N2O2/c1-4-17(2,21-3)16(20)19-12-10-14-8-5-7-13-9-6-11-18-15(13)14/h5,7-8,18H,4,6,9-12H2,1-3H3,(H,19,20). The van der Waals surface area contributed by atoms with Crippen LogP contribution < -0.4 is 10.6 Å². The predicted octanol–water partition coefficient (Wildman–Crippen LogP) is 2.52. The molecule has 0 radical (unpaired) electrons. The fourth-order valence-corrected chi connectivity index (χ4v) is 2.68. The molecule has 0 aliphatic carbocycles. The molecule has 0 saturated carbocycles. The Morgan fingerprint density at radius 2 is 2.29 bits per heavy atom. The van der Waals surface area contributed by atoms with Crippen molar-refractivity contribution in [2.24, 2.45) is 0 Å². The van der Waals surface area contributed by atoms with Crippen molar-refractivity contribution in [2.45, 2.75) is 45.1 Å². The summed E-state index contributed by atoms with van der Waals surface area (Å²) in [5.41, 5.74) is 3.21. The van der Waals surface area contributed by atoms with Crippen molar-refractivity contribution in [3.05, 3.63) is 29.3 Å². The number of hydrogen-bond donors (Lipinski definition) is 2. The fourth-order valence-electron chi connectivity index (χ4n) is 2.68. The number of ether oxygens (including phenoxy) is 1. The average molecular weight is 290 g/mol. The summed E-state index contributed by atoms with van der Waals surface area (Å²) in [6.45, 7) is 5.46. The highest BCUT2D eigenvalue weighted by atomic mass is 16.5.